The fraction of sp³-hybridized carbons (Fsp3) is 1.00. The Bertz CT molecular complexity index is 289. The Labute approximate surface area is 79.1 Å². The molecule has 1 heteroatoms. The molecule has 0 aliphatic heterocycles. The second kappa shape index (κ2) is 1.25. The van der Waals surface area contributed by atoms with Crippen LogP contribution in [0.2, 0.25) is 0 Å². The molecule has 0 radical (unpaired) electrons. The van der Waals surface area contributed by atoms with Gasteiger partial charge in [0.2, 0.25) is 0 Å². The van der Waals surface area contributed by atoms with E-state index < -0.39 is 0 Å². The Hall–Kier alpha value is -0.0400. The summed E-state index contributed by atoms with van der Waals surface area (Å²) >= 11 is 0. The highest BCUT2D eigenvalue weighted by atomic mass is 15.2. The van der Waals surface area contributed by atoms with Crippen LogP contribution in [-0.2, 0) is 0 Å². The third-order valence-electron chi connectivity index (χ3n) is 6.68. The van der Waals surface area contributed by atoms with E-state index in [2.05, 4.69) is 13.8 Å². The van der Waals surface area contributed by atoms with Gasteiger partial charge in [-0.1, -0.05) is 13.8 Å². The van der Waals surface area contributed by atoms with Crippen molar-refractivity contribution in [3.63, 3.8) is 0 Å². The predicted octanol–water partition coefficient (Wildman–Crippen LogP) is 1.48. The standard InChI is InChI=1S/C12H17N/c1-4(2)3-11-5-8-6(11)10-7(11)9(5)12(8,10)13/h4-10H,3,13H2,1-2H3. The summed E-state index contributed by atoms with van der Waals surface area (Å²) in [6.07, 6.45) is 1.52. The lowest BCUT2D eigenvalue weighted by Gasteiger charge is -3.11. The summed E-state index contributed by atoms with van der Waals surface area (Å²) in [5, 5.41) is 0. The molecule has 0 unspecified atom stereocenters. The molecule has 13 heavy (non-hydrogen) atoms. The van der Waals surface area contributed by atoms with Crippen molar-refractivity contribution >= 4 is 0 Å². The van der Waals surface area contributed by atoms with Crippen LogP contribution in [0.1, 0.15) is 20.3 Å². The van der Waals surface area contributed by atoms with Crippen molar-refractivity contribution in [1.29, 1.82) is 0 Å². The molecule has 70 valence electrons. The lowest BCUT2D eigenvalue weighted by Crippen LogP contribution is -3.14. The van der Waals surface area contributed by atoms with Crippen LogP contribution < -0.4 is 5.73 Å². The zero-order chi connectivity index (χ0) is 8.75. The van der Waals surface area contributed by atoms with E-state index in [1.807, 2.05) is 0 Å². The topological polar surface area (TPSA) is 26.0 Å². The Morgan fingerprint density at radius 3 is 1.85 bits per heavy atom. The van der Waals surface area contributed by atoms with Gasteiger partial charge in [0.25, 0.3) is 0 Å². The molecular formula is C12H17N. The highest BCUT2D eigenvalue weighted by Crippen LogP contribution is 3.07. The molecule has 6 fully saturated rings. The van der Waals surface area contributed by atoms with Gasteiger partial charge in [0.1, 0.15) is 0 Å². The van der Waals surface area contributed by atoms with Gasteiger partial charge in [0, 0.05) is 5.54 Å². The van der Waals surface area contributed by atoms with E-state index in [1.54, 1.807) is 0 Å². The molecule has 0 aromatic rings. The zero-order valence-corrected chi connectivity index (χ0v) is 8.33. The number of hydrogen-bond acceptors (Lipinski definition) is 1. The van der Waals surface area contributed by atoms with Gasteiger partial charge in [-0.2, -0.15) is 0 Å². The van der Waals surface area contributed by atoms with Crippen LogP contribution in [0.15, 0.2) is 0 Å². The maximum atomic E-state index is 6.37. The third kappa shape index (κ3) is 0.281. The Kier molecular flexibility index (Phi) is 0.618. The second-order valence-corrected chi connectivity index (χ2v) is 6.87. The first-order chi connectivity index (χ1) is 6.15. The Morgan fingerprint density at radius 2 is 1.46 bits per heavy atom. The minimum atomic E-state index is 0.429. The molecule has 0 heterocycles. The molecule has 0 amide bonds. The maximum Gasteiger partial charge on any atom is 0.0258 e. The van der Waals surface area contributed by atoms with Crippen molar-refractivity contribution < 1.29 is 0 Å². The second-order valence-electron chi connectivity index (χ2n) is 6.87. The lowest BCUT2D eigenvalue weighted by molar-refractivity contribution is -0.622. The van der Waals surface area contributed by atoms with Crippen molar-refractivity contribution in [3.05, 3.63) is 0 Å². The minimum absolute atomic E-state index is 0.429. The van der Waals surface area contributed by atoms with E-state index in [4.69, 9.17) is 5.73 Å². The Balaban J connectivity index is 1.56. The van der Waals surface area contributed by atoms with E-state index in [0.29, 0.717) is 5.54 Å². The SMILES string of the molecule is CC(C)CC12C3C4C1C1C2C3C41N. The van der Waals surface area contributed by atoms with Crippen molar-refractivity contribution in [1.82, 2.24) is 0 Å². The van der Waals surface area contributed by atoms with Crippen LogP contribution in [0.25, 0.3) is 0 Å². The molecule has 2 N–H and O–H groups in total. The van der Waals surface area contributed by atoms with Crippen LogP contribution >= 0.6 is 0 Å². The van der Waals surface area contributed by atoms with E-state index >= 15 is 0 Å². The van der Waals surface area contributed by atoms with E-state index in [1.165, 1.54) is 6.42 Å². The first-order valence-electron chi connectivity index (χ1n) is 5.94. The van der Waals surface area contributed by atoms with Crippen LogP contribution in [0.5, 0.6) is 0 Å². The fourth-order valence-corrected chi connectivity index (χ4v) is 6.95. The zero-order valence-electron chi connectivity index (χ0n) is 8.33. The molecule has 1 nitrogen and oxygen atoms in total. The van der Waals surface area contributed by atoms with Gasteiger partial charge in [0.05, 0.1) is 0 Å². The van der Waals surface area contributed by atoms with Crippen LogP contribution in [-0.4, -0.2) is 5.54 Å². The molecule has 0 aromatic carbocycles. The lowest BCUT2D eigenvalue weighted by atomic mass is 8.94. The van der Waals surface area contributed by atoms with Crippen molar-refractivity contribution in [2.45, 2.75) is 25.8 Å². The van der Waals surface area contributed by atoms with Crippen LogP contribution in [0.4, 0.5) is 0 Å². The fourth-order valence-electron chi connectivity index (χ4n) is 6.95. The monoisotopic (exact) mass is 175 g/mol. The summed E-state index contributed by atoms with van der Waals surface area (Å²) in [5.74, 6) is 7.35. The summed E-state index contributed by atoms with van der Waals surface area (Å²) in [7, 11) is 0. The van der Waals surface area contributed by atoms with Crippen molar-refractivity contribution in [2.24, 2.45) is 52.6 Å². The molecule has 6 rings (SSSR count). The molecule has 0 bridgehead atoms. The normalized spacial score (nSPS) is 83.1. The molecule has 0 aromatic heterocycles. The summed E-state index contributed by atoms with van der Waals surface area (Å²) in [6.45, 7) is 4.78. The number of rotatable bonds is 2. The third-order valence-corrected chi connectivity index (χ3v) is 6.68. The molecule has 0 saturated heterocycles. The Morgan fingerprint density at radius 1 is 1.00 bits per heavy atom. The molecule has 6 saturated carbocycles. The average Bonchev–Trinajstić information content (AvgIpc) is 2.10. The molecule has 6 aliphatic carbocycles. The summed E-state index contributed by atoms with van der Waals surface area (Å²) in [5.41, 5.74) is 7.69. The number of hydrogen-bond donors (Lipinski definition) is 1. The van der Waals surface area contributed by atoms with Gasteiger partial charge in [-0.05, 0) is 53.3 Å². The highest BCUT2D eigenvalue weighted by Gasteiger charge is 3.08. The van der Waals surface area contributed by atoms with Crippen LogP contribution in [0.3, 0.4) is 0 Å². The smallest absolute Gasteiger partial charge is 0.0258 e. The predicted molar refractivity (Wildman–Crippen MR) is 49.7 cm³/mol. The van der Waals surface area contributed by atoms with Gasteiger partial charge in [0.15, 0.2) is 0 Å². The van der Waals surface area contributed by atoms with Gasteiger partial charge in [-0.15, -0.1) is 0 Å². The largest absolute Gasteiger partial charge is 0.324 e. The van der Waals surface area contributed by atoms with Crippen LogP contribution in [0, 0.1) is 46.8 Å². The van der Waals surface area contributed by atoms with Gasteiger partial charge < -0.3 is 5.73 Å². The van der Waals surface area contributed by atoms with Gasteiger partial charge in [-0.3, -0.25) is 0 Å². The quantitative estimate of drug-likeness (QED) is 0.676. The van der Waals surface area contributed by atoms with E-state index in [-0.39, 0.29) is 0 Å². The van der Waals surface area contributed by atoms with Crippen molar-refractivity contribution in [3.8, 4) is 0 Å². The first kappa shape index (κ1) is 6.44. The van der Waals surface area contributed by atoms with Gasteiger partial charge >= 0.3 is 0 Å². The van der Waals surface area contributed by atoms with E-state index in [0.717, 1.165) is 46.8 Å². The summed E-state index contributed by atoms with van der Waals surface area (Å²) < 4.78 is 0. The number of nitrogens with two attached hydrogens (primary N) is 1. The first-order valence-corrected chi connectivity index (χ1v) is 5.94. The molecular weight excluding hydrogens is 158 g/mol. The highest BCUT2D eigenvalue weighted by molar-refractivity contribution is 5.57. The maximum absolute atomic E-state index is 6.37. The molecule has 0 spiro atoms. The van der Waals surface area contributed by atoms with E-state index in [9.17, 15) is 0 Å². The summed E-state index contributed by atoms with van der Waals surface area (Å²) in [6, 6.07) is 0. The summed E-state index contributed by atoms with van der Waals surface area (Å²) in [4.78, 5) is 0. The minimum Gasteiger partial charge on any atom is -0.324 e. The van der Waals surface area contributed by atoms with Gasteiger partial charge in [-0.25, -0.2) is 0 Å². The molecule has 0 atom stereocenters. The molecule has 6 aliphatic rings. The van der Waals surface area contributed by atoms with Crippen molar-refractivity contribution in [2.75, 3.05) is 0 Å². The average molecular weight is 175 g/mol.